The van der Waals surface area contributed by atoms with Crippen molar-refractivity contribution in [1.29, 1.82) is 0 Å². The third-order valence-corrected chi connectivity index (χ3v) is 1.87. The third-order valence-electron chi connectivity index (χ3n) is 1.87. The van der Waals surface area contributed by atoms with E-state index in [9.17, 15) is 4.79 Å². The van der Waals surface area contributed by atoms with E-state index in [1.54, 1.807) is 0 Å². The van der Waals surface area contributed by atoms with Crippen LogP contribution in [0.15, 0.2) is 30.3 Å². The maximum Gasteiger partial charge on any atom is 0.127 e. The van der Waals surface area contributed by atoms with Gasteiger partial charge in [0.05, 0.1) is 0 Å². The number of rotatable bonds is 4. The first-order valence-electron chi connectivity index (χ1n) is 4.08. The summed E-state index contributed by atoms with van der Waals surface area (Å²) in [7, 11) is 0. The highest BCUT2D eigenvalue weighted by molar-refractivity contribution is 5.61. The van der Waals surface area contributed by atoms with Crippen molar-refractivity contribution in [1.82, 2.24) is 0 Å². The molecule has 2 heteroatoms. The van der Waals surface area contributed by atoms with Gasteiger partial charge in [-0.3, -0.25) is 0 Å². The predicted molar refractivity (Wildman–Crippen MR) is 48.9 cm³/mol. The first-order valence-corrected chi connectivity index (χ1v) is 4.08. The van der Waals surface area contributed by atoms with Crippen molar-refractivity contribution in [3.63, 3.8) is 0 Å². The Bertz CT molecular complexity index is 233. The maximum atomic E-state index is 10.6. The van der Waals surface area contributed by atoms with Gasteiger partial charge >= 0.3 is 0 Å². The summed E-state index contributed by atoms with van der Waals surface area (Å²) in [6.07, 6.45) is 1.69. The lowest BCUT2D eigenvalue weighted by atomic mass is 9.98. The largest absolute Gasteiger partial charge is 0.330 e. The van der Waals surface area contributed by atoms with E-state index in [1.165, 1.54) is 0 Å². The van der Waals surface area contributed by atoms with Crippen molar-refractivity contribution in [2.75, 3.05) is 6.54 Å². The molecule has 0 aliphatic rings. The molecule has 0 saturated heterocycles. The van der Waals surface area contributed by atoms with Crippen LogP contribution >= 0.6 is 0 Å². The fourth-order valence-corrected chi connectivity index (χ4v) is 1.19. The Hall–Kier alpha value is -1.15. The minimum atomic E-state index is -0.0313. The Kier molecular flexibility index (Phi) is 3.48. The van der Waals surface area contributed by atoms with Crippen LogP contribution < -0.4 is 5.73 Å². The summed E-state index contributed by atoms with van der Waals surface area (Å²) in [6, 6.07) is 9.71. The van der Waals surface area contributed by atoms with Gasteiger partial charge in [0.2, 0.25) is 0 Å². The van der Waals surface area contributed by atoms with E-state index < -0.39 is 0 Å². The van der Waals surface area contributed by atoms with Crippen molar-refractivity contribution >= 4 is 6.29 Å². The highest BCUT2D eigenvalue weighted by Crippen LogP contribution is 2.15. The molecule has 1 aromatic carbocycles. The first kappa shape index (κ1) is 8.94. The lowest BCUT2D eigenvalue weighted by molar-refractivity contribution is -0.109. The number of carbonyl (C=O) groups is 1. The molecule has 0 radical (unpaired) electrons. The van der Waals surface area contributed by atoms with Gasteiger partial charge in [0, 0.05) is 5.92 Å². The normalized spacial score (nSPS) is 12.4. The molecule has 12 heavy (non-hydrogen) atoms. The van der Waals surface area contributed by atoms with Crippen LogP contribution in [0.2, 0.25) is 0 Å². The molecular weight excluding hydrogens is 150 g/mol. The Morgan fingerprint density at radius 3 is 2.50 bits per heavy atom. The lowest BCUT2D eigenvalue weighted by Gasteiger charge is -2.07. The highest BCUT2D eigenvalue weighted by Gasteiger charge is 2.07. The van der Waals surface area contributed by atoms with Gasteiger partial charge < -0.3 is 10.5 Å². The van der Waals surface area contributed by atoms with E-state index in [1.807, 2.05) is 30.3 Å². The molecule has 0 heterocycles. The van der Waals surface area contributed by atoms with Crippen molar-refractivity contribution < 1.29 is 4.79 Å². The summed E-state index contributed by atoms with van der Waals surface area (Å²) in [5.41, 5.74) is 6.44. The lowest BCUT2D eigenvalue weighted by Crippen LogP contribution is -2.08. The van der Waals surface area contributed by atoms with Gasteiger partial charge in [-0.2, -0.15) is 0 Å². The summed E-state index contributed by atoms with van der Waals surface area (Å²) in [4.78, 5) is 10.6. The minimum Gasteiger partial charge on any atom is -0.330 e. The standard InChI is InChI=1S/C10H13NO/c11-7-6-10(8-12)9-4-2-1-3-5-9/h1-5,8,10H,6-7,11H2. The topological polar surface area (TPSA) is 43.1 Å². The van der Waals surface area contributed by atoms with Gasteiger partial charge in [-0.15, -0.1) is 0 Å². The van der Waals surface area contributed by atoms with E-state index in [4.69, 9.17) is 5.73 Å². The van der Waals surface area contributed by atoms with Crippen LogP contribution in [0.5, 0.6) is 0 Å². The van der Waals surface area contributed by atoms with Gasteiger partial charge in [-0.1, -0.05) is 30.3 Å². The highest BCUT2D eigenvalue weighted by atomic mass is 16.1. The summed E-state index contributed by atoms with van der Waals surface area (Å²) in [5, 5.41) is 0. The zero-order valence-electron chi connectivity index (χ0n) is 6.94. The Labute approximate surface area is 72.4 Å². The summed E-state index contributed by atoms with van der Waals surface area (Å²) < 4.78 is 0. The van der Waals surface area contributed by atoms with Crippen molar-refractivity contribution in [2.45, 2.75) is 12.3 Å². The molecule has 2 nitrogen and oxygen atoms in total. The number of aldehydes is 1. The number of carbonyl (C=O) groups excluding carboxylic acids is 1. The monoisotopic (exact) mass is 163 g/mol. The molecule has 0 aliphatic heterocycles. The molecule has 64 valence electrons. The first-order chi connectivity index (χ1) is 5.88. The van der Waals surface area contributed by atoms with Crippen LogP contribution in [-0.4, -0.2) is 12.8 Å². The Balaban J connectivity index is 2.73. The molecule has 0 spiro atoms. The second-order valence-corrected chi connectivity index (χ2v) is 2.73. The quantitative estimate of drug-likeness (QED) is 0.680. The molecule has 0 aliphatic carbocycles. The van der Waals surface area contributed by atoms with Crippen LogP contribution in [0.1, 0.15) is 17.9 Å². The zero-order chi connectivity index (χ0) is 8.81. The van der Waals surface area contributed by atoms with Crippen molar-refractivity contribution in [2.24, 2.45) is 5.73 Å². The Morgan fingerprint density at radius 1 is 1.33 bits per heavy atom. The second kappa shape index (κ2) is 4.67. The molecule has 0 amide bonds. The van der Waals surface area contributed by atoms with Crippen LogP contribution in [0.25, 0.3) is 0 Å². The second-order valence-electron chi connectivity index (χ2n) is 2.73. The smallest absolute Gasteiger partial charge is 0.127 e. The minimum absolute atomic E-state index is 0.0313. The van der Waals surface area contributed by atoms with E-state index in [0.717, 1.165) is 18.3 Å². The van der Waals surface area contributed by atoms with Gasteiger partial charge in [-0.25, -0.2) is 0 Å². The van der Waals surface area contributed by atoms with Crippen molar-refractivity contribution in [3.8, 4) is 0 Å². The molecule has 1 rings (SSSR count). The Morgan fingerprint density at radius 2 is 2.00 bits per heavy atom. The molecule has 0 fully saturated rings. The van der Waals surface area contributed by atoms with Gasteiger partial charge in [0.15, 0.2) is 0 Å². The number of benzene rings is 1. The predicted octanol–water partition coefficient (Wildman–Crippen LogP) is 1.32. The molecule has 1 atom stereocenters. The summed E-state index contributed by atoms with van der Waals surface area (Å²) >= 11 is 0. The molecule has 0 saturated carbocycles. The van der Waals surface area contributed by atoms with E-state index in [2.05, 4.69) is 0 Å². The zero-order valence-corrected chi connectivity index (χ0v) is 6.94. The van der Waals surface area contributed by atoms with Gasteiger partial charge in [-0.05, 0) is 18.5 Å². The van der Waals surface area contributed by atoms with Crippen LogP contribution in [0, 0.1) is 0 Å². The number of hydrogen-bond donors (Lipinski definition) is 1. The molecule has 1 aromatic rings. The molecule has 2 N–H and O–H groups in total. The number of nitrogens with two attached hydrogens (primary N) is 1. The molecular formula is C10H13NO. The van der Waals surface area contributed by atoms with Gasteiger partial charge in [0.25, 0.3) is 0 Å². The fraction of sp³-hybridized carbons (Fsp3) is 0.300. The summed E-state index contributed by atoms with van der Waals surface area (Å²) in [6.45, 7) is 0.554. The van der Waals surface area contributed by atoms with E-state index in [-0.39, 0.29) is 5.92 Å². The number of hydrogen-bond acceptors (Lipinski definition) is 2. The van der Waals surface area contributed by atoms with Crippen molar-refractivity contribution in [3.05, 3.63) is 35.9 Å². The molecule has 0 bridgehead atoms. The van der Waals surface area contributed by atoms with E-state index >= 15 is 0 Å². The fourth-order valence-electron chi connectivity index (χ4n) is 1.19. The average Bonchev–Trinajstić information content (AvgIpc) is 2.15. The summed E-state index contributed by atoms with van der Waals surface area (Å²) in [5.74, 6) is -0.0313. The van der Waals surface area contributed by atoms with Crippen LogP contribution in [-0.2, 0) is 4.79 Å². The van der Waals surface area contributed by atoms with E-state index in [0.29, 0.717) is 6.54 Å². The van der Waals surface area contributed by atoms with Crippen LogP contribution in [0.4, 0.5) is 0 Å². The SMILES string of the molecule is NCCC(C=O)c1ccccc1. The van der Waals surface area contributed by atoms with Gasteiger partial charge in [0.1, 0.15) is 6.29 Å². The van der Waals surface area contributed by atoms with Crippen LogP contribution in [0.3, 0.4) is 0 Å². The maximum absolute atomic E-state index is 10.6. The molecule has 0 aromatic heterocycles. The molecule has 1 unspecified atom stereocenters. The average molecular weight is 163 g/mol. The third kappa shape index (κ3) is 2.17.